The fourth-order valence-corrected chi connectivity index (χ4v) is 3.01. The lowest BCUT2D eigenvalue weighted by Crippen LogP contribution is -2.20. The van der Waals surface area contributed by atoms with E-state index in [0.717, 1.165) is 25.4 Å². The van der Waals surface area contributed by atoms with E-state index >= 15 is 0 Å². The first-order valence-corrected chi connectivity index (χ1v) is 6.93. The van der Waals surface area contributed by atoms with Crippen LogP contribution in [0.5, 0.6) is 0 Å². The average molecular weight is 297 g/mol. The monoisotopic (exact) mass is 295 g/mol. The van der Waals surface area contributed by atoms with Gasteiger partial charge in [0.1, 0.15) is 0 Å². The SMILES string of the molecule is CC(CCCl)CNCc1sccc1Br. The maximum Gasteiger partial charge on any atom is 0.0327 e. The quantitative estimate of drug-likeness (QED) is 0.786. The van der Waals surface area contributed by atoms with Gasteiger partial charge in [-0.15, -0.1) is 22.9 Å². The van der Waals surface area contributed by atoms with Crippen LogP contribution < -0.4 is 5.32 Å². The molecule has 1 aromatic rings. The summed E-state index contributed by atoms with van der Waals surface area (Å²) in [6.07, 6.45) is 1.08. The molecule has 14 heavy (non-hydrogen) atoms. The summed E-state index contributed by atoms with van der Waals surface area (Å²) in [7, 11) is 0. The summed E-state index contributed by atoms with van der Waals surface area (Å²) >= 11 is 11.0. The summed E-state index contributed by atoms with van der Waals surface area (Å²) in [6.45, 7) is 4.21. The molecule has 1 unspecified atom stereocenters. The van der Waals surface area contributed by atoms with Gasteiger partial charge < -0.3 is 5.32 Å². The Balaban J connectivity index is 2.19. The van der Waals surface area contributed by atoms with Crippen LogP contribution in [0.4, 0.5) is 0 Å². The predicted octanol–water partition coefficient (Wildman–Crippen LogP) is 3.87. The number of thiophene rings is 1. The first kappa shape index (κ1) is 12.5. The molecule has 1 heterocycles. The molecule has 80 valence electrons. The fraction of sp³-hybridized carbons (Fsp3) is 0.600. The van der Waals surface area contributed by atoms with Crippen molar-refractivity contribution in [1.29, 1.82) is 0 Å². The van der Waals surface area contributed by atoms with Crippen LogP contribution in [-0.2, 0) is 6.54 Å². The molecule has 0 spiro atoms. The Kier molecular flexibility index (Phi) is 6.10. The van der Waals surface area contributed by atoms with E-state index in [-0.39, 0.29) is 0 Å². The van der Waals surface area contributed by atoms with Gasteiger partial charge in [0.05, 0.1) is 0 Å². The Morgan fingerprint density at radius 2 is 2.43 bits per heavy atom. The molecule has 0 aliphatic heterocycles. The molecule has 1 N–H and O–H groups in total. The highest BCUT2D eigenvalue weighted by Crippen LogP contribution is 2.22. The normalized spacial score (nSPS) is 13.1. The lowest BCUT2D eigenvalue weighted by atomic mass is 10.1. The molecule has 1 nitrogen and oxygen atoms in total. The van der Waals surface area contributed by atoms with Crippen LogP contribution in [0.1, 0.15) is 18.2 Å². The second-order valence-corrected chi connectivity index (χ2v) is 5.64. The number of halogens is 2. The Hall–Kier alpha value is 0.430. The number of alkyl halides is 1. The van der Waals surface area contributed by atoms with Crippen molar-refractivity contribution >= 4 is 38.9 Å². The van der Waals surface area contributed by atoms with E-state index in [1.54, 1.807) is 11.3 Å². The van der Waals surface area contributed by atoms with E-state index in [1.165, 1.54) is 9.35 Å². The van der Waals surface area contributed by atoms with E-state index in [9.17, 15) is 0 Å². The summed E-state index contributed by atoms with van der Waals surface area (Å²) in [6, 6.07) is 2.09. The molecule has 4 heteroatoms. The van der Waals surface area contributed by atoms with Gasteiger partial charge in [-0.05, 0) is 46.3 Å². The zero-order valence-corrected chi connectivity index (χ0v) is 11.4. The highest BCUT2D eigenvalue weighted by atomic mass is 79.9. The predicted molar refractivity (Wildman–Crippen MR) is 68.2 cm³/mol. The Labute approximate surface area is 103 Å². The third-order valence-electron chi connectivity index (χ3n) is 2.07. The molecule has 0 aliphatic carbocycles. The smallest absolute Gasteiger partial charge is 0.0327 e. The zero-order valence-electron chi connectivity index (χ0n) is 8.22. The van der Waals surface area contributed by atoms with Crippen molar-refractivity contribution in [1.82, 2.24) is 5.32 Å². The van der Waals surface area contributed by atoms with Gasteiger partial charge in [-0.1, -0.05) is 6.92 Å². The maximum atomic E-state index is 5.67. The second-order valence-electron chi connectivity index (χ2n) is 3.41. The molecule has 1 rings (SSSR count). The molecular formula is C10H15BrClNS. The van der Waals surface area contributed by atoms with Crippen LogP contribution in [0.25, 0.3) is 0 Å². The molecule has 0 bridgehead atoms. The number of hydrogen-bond donors (Lipinski definition) is 1. The van der Waals surface area contributed by atoms with E-state index in [4.69, 9.17) is 11.6 Å². The lowest BCUT2D eigenvalue weighted by molar-refractivity contribution is 0.503. The van der Waals surface area contributed by atoms with Crippen molar-refractivity contribution in [3.05, 3.63) is 20.8 Å². The highest BCUT2D eigenvalue weighted by molar-refractivity contribution is 9.10. The maximum absolute atomic E-state index is 5.67. The Morgan fingerprint density at radius 3 is 3.00 bits per heavy atom. The van der Waals surface area contributed by atoms with Gasteiger partial charge in [-0.2, -0.15) is 0 Å². The summed E-state index contributed by atoms with van der Waals surface area (Å²) < 4.78 is 1.21. The zero-order chi connectivity index (χ0) is 10.4. The minimum absolute atomic E-state index is 0.659. The van der Waals surface area contributed by atoms with Crippen molar-refractivity contribution < 1.29 is 0 Å². The summed E-state index contributed by atoms with van der Waals surface area (Å²) in [5, 5.41) is 5.54. The molecular weight excluding hydrogens is 282 g/mol. The van der Waals surface area contributed by atoms with Gasteiger partial charge in [0.15, 0.2) is 0 Å². The first-order valence-electron chi connectivity index (χ1n) is 4.72. The van der Waals surface area contributed by atoms with Crippen LogP contribution in [0.3, 0.4) is 0 Å². The minimum atomic E-state index is 0.659. The molecule has 0 saturated heterocycles. The largest absolute Gasteiger partial charge is 0.312 e. The summed E-state index contributed by atoms with van der Waals surface area (Å²) in [4.78, 5) is 1.36. The van der Waals surface area contributed by atoms with Gasteiger partial charge >= 0.3 is 0 Å². The second kappa shape index (κ2) is 6.83. The summed E-state index contributed by atoms with van der Waals surface area (Å²) in [5.74, 6) is 1.41. The standard InChI is InChI=1S/C10H15BrClNS/c1-8(2-4-12)6-13-7-10-9(11)3-5-14-10/h3,5,8,13H,2,4,6-7H2,1H3. The van der Waals surface area contributed by atoms with Gasteiger partial charge in [0, 0.05) is 21.8 Å². The van der Waals surface area contributed by atoms with E-state index in [0.29, 0.717) is 5.92 Å². The van der Waals surface area contributed by atoms with Crippen LogP contribution in [-0.4, -0.2) is 12.4 Å². The molecule has 1 atom stereocenters. The molecule has 0 amide bonds. The third kappa shape index (κ3) is 4.30. The van der Waals surface area contributed by atoms with Crippen LogP contribution in [0.15, 0.2) is 15.9 Å². The van der Waals surface area contributed by atoms with Gasteiger partial charge in [-0.3, -0.25) is 0 Å². The van der Waals surface area contributed by atoms with Crippen LogP contribution in [0.2, 0.25) is 0 Å². The van der Waals surface area contributed by atoms with Crippen molar-refractivity contribution in [2.24, 2.45) is 5.92 Å². The van der Waals surface area contributed by atoms with E-state index < -0.39 is 0 Å². The third-order valence-corrected chi connectivity index (χ3v) is 4.22. The molecule has 0 aliphatic rings. The van der Waals surface area contributed by atoms with Crippen molar-refractivity contribution in [2.45, 2.75) is 19.9 Å². The average Bonchev–Trinajstić information content (AvgIpc) is 2.52. The molecule has 0 aromatic carbocycles. The van der Waals surface area contributed by atoms with E-state index in [2.05, 4.69) is 39.6 Å². The van der Waals surface area contributed by atoms with Crippen molar-refractivity contribution in [3.63, 3.8) is 0 Å². The van der Waals surface area contributed by atoms with Crippen molar-refractivity contribution in [2.75, 3.05) is 12.4 Å². The Morgan fingerprint density at radius 1 is 1.64 bits per heavy atom. The minimum Gasteiger partial charge on any atom is -0.312 e. The molecule has 0 saturated carbocycles. The van der Waals surface area contributed by atoms with Crippen LogP contribution in [0, 0.1) is 5.92 Å². The number of hydrogen-bond acceptors (Lipinski definition) is 2. The van der Waals surface area contributed by atoms with Gasteiger partial charge in [-0.25, -0.2) is 0 Å². The van der Waals surface area contributed by atoms with Crippen molar-refractivity contribution in [3.8, 4) is 0 Å². The number of rotatable bonds is 6. The van der Waals surface area contributed by atoms with Gasteiger partial charge in [0.2, 0.25) is 0 Å². The van der Waals surface area contributed by atoms with Gasteiger partial charge in [0.25, 0.3) is 0 Å². The lowest BCUT2D eigenvalue weighted by Gasteiger charge is -2.10. The fourth-order valence-electron chi connectivity index (χ4n) is 1.17. The first-order chi connectivity index (χ1) is 6.74. The topological polar surface area (TPSA) is 12.0 Å². The Bertz CT molecular complexity index is 264. The van der Waals surface area contributed by atoms with E-state index in [1.807, 2.05) is 0 Å². The molecule has 0 fully saturated rings. The number of nitrogens with one attached hydrogen (secondary N) is 1. The van der Waals surface area contributed by atoms with Crippen LogP contribution >= 0.6 is 38.9 Å². The molecule has 1 aromatic heterocycles. The highest BCUT2D eigenvalue weighted by Gasteiger charge is 2.03. The summed E-state index contributed by atoms with van der Waals surface area (Å²) in [5.41, 5.74) is 0. The molecule has 0 radical (unpaired) electrons.